The number of carbonyl (C=O) groups is 1. The van der Waals surface area contributed by atoms with Crippen molar-refractivity contribution >= 4 is 11.6 Å². The molecule has 0 heterocycles. The Kier molecular flexibility index (Phi) is 5.13. The van der Waals surface area contributed by atoms with Gasteiger partial charge in [0, 0.05) is 19.2 Å². The van der Waals surface area contributed by atoms with Crippen molar-refractivity contribution in [3.63, 3.8) is 0 Å². The number of halogens is 3. The van der Waals surface area contributed by atoms with Crippen molar-refractivity contribution in [3.8, 4) is 0 Å². The summed E-state index contributed by atoms with van der Waals surface area (Å²) >= 11 is 0. The van der Waals surface area contributed by atoms with E-state index in [0.29, 0.717) is 0 Å². The van der Waals surface area contributed by atoms with Gasteiger partial charge in [-0.15, -0.1) is 0 Å². The molecule has 0 bridgehead atoms. The maximum atomic E-state index is 12.7. The van der Waals surface area contributed by atoms with E-state index in [2.05, 4.69) is 5.32 Å². The zero-order valence-corrected chi connectivity index (χ0v) is 10.2. The number of ether oxygens (including phenoxy) is 1. The molecule has 1 aromatic carbocycles. The minimum atomic E-state index is -4.59. The second-order valence-corrected chi connectivity index (χ2v) is 3.65. The molecule has 0 aliphatic rings. The van der Waals surface area contributed by atoms with E-state index >= 15 is 0 Å². The lowest BCUT2D eigenvalue weighted by molar-refractivity contribution is -0.137. The van der Waals surface area contributed by atoms with E-state index in [1.54, 1.807) is 0 Å². The fraction of sp³-hybridized carbons (Fsp3) is 0.364. The fourth-order valence-electron chi connectivity index (χ4n) is 1.41. The molecule has 1 rings (SSSR count). The molecule has 0 aromatic heterocycles. The van der Waals surface area contributed by atoms with Gasteiger partial charge < -0.3 is 15.5 Å². The first kappa shape index (κ1) is 15.3. The van der Waals surface area contributed by atoms with Gasteiger partial charge in [0.2, 0.25) is 0 Å². The number of hydrogen-bond acceptors (Lipinski definition) is 4. The van der Waals surface area contributed by atoms with E-state index < -0.39 is 17.6 Å². The Bertz CT molecular complexity index is 449. The van der Waals surface area contributed by atoms with E-state index in [-0.39, 0.29) is 24.4 Å². The van der Waals surface area contributed by atoms with Gasteiger partial charge in [-0.25, -0.2) is 0 Å². The van der Waals surface area contributed by atoms with Gasteiger partial charge in [-0.1, -0.05) is 0 Å². The van der Waals surface area contributed by atoms with E-state index in [1.807, 2.05) is 5.43 Å². The summed E-state index contributed by atoms with van der Waals surface area (Å²) in [5.41, 5.74) is 0.572. The highest BCUT2D eigenvalue weighted by Gasteiger charge is 2.34. The van der Waals surface area contributed by atoms with Crippen LogP contribution in [0, 0.1) is 0 Å². The van der Waals surface area contributed by atoms with Crippen LogP contribution < -0.4 is 16.6 Å². The number of benzene rings is 1. The van der Waals surface area contributed by atoms with Crippen LogP contribution in [-0.2, 0) is 10.9 Å². The number of nitrogens with two attached hydrogens (primary N) is 1. The van der Waals surface area contributed by atoms with Crippen LogP contribution >= 0.6 is 0 Å². The van der Waals surface area contributed by atoms with Gasteiger partial charge in [0.25, 0.3) is 5.91 Å². The lowest BCUT2D eigenvalue weighted by Crippen LogP contribution is -2.27. The molecule has 0 aliphatic heterocycles. The predicted molar refractivity (Wildman–Crippen MR) is 63.5 cm³/mol. The Morgan fingerprint density at radius 1 is 1.42 bits per heavy atom. The maximum absolute atomic E-state index is 12.7. The molecule has 106 valence electrons. The third-order valence-corrected chi connectivity index (χ3v) is 2.33. The lowest BCUT2D eigenvalue weighted by atomic mass is 10.1. The third kappa shape index (κ3) is 4.11. The van der Waals surface area contributed by atoms with Crippen LogP contribution in [0.15, 0.2) is 18.2 Å². The van der Waals surface area contributed by atoms with Gasteiger partial charge in [-0.2, -0.15) is 13.2 Å². The molecule has 0 atom stereocenters. The molecule has 0 saturated carbocycles. The molecule has 1 aromatic rings. The van der Waals surface area contributed by atoms with Gasteiger partial charge >= 0.3 is 6.18 Å². The van der Waals surface area contributed by atoms with Crippen molar-refractivity contribution in [1.29, 1.82) is 0 Å². The Hall–Kier alpha value is -1.80. The van der Waals surface area contributed by atoms with Gasteiger partial charge in [0.1, 0.15) is 0 Å². The van der Waals surface area contributed by atoms with Crippen LogP contribution in [0.3, 0.4) is 0 Å². The summed E-state index contributed by atoms with van der Waals surface area (Å²) in [4.78, 5) is 11.6. The second kappa shape index (κ2) is 6.39. The number of hydrazine groups is 1. The molecule has 1 amide bonds. The topological polar surface area (TPSA) is 76.4 Å². The minimum Gasteiger partial charge on any atom is -0.383 e. The maximum Gasteiger partial charge on any atom is 0.418 e. The summed E-state index contributed by atoms with van der Waals surface area (Å²) in [7, 11) is 1.45. The number of hydrogen-bond donors (Lipinski definition) is 3. The Morgan fingerprint density at radius 2 is 2.11 bits per heavy atom. The molecule has 0 radical (unpaired) electrons. The summed E-state index contributed by atoms with van der Waals surface area (Å²) in [6, 6.07) is 3.11. The summed E-state index contributed by atoms with van der Waals surface area (Å²) in [6.07, 6.45) is -4.59. The summed E-state index contributed by atoms with van der Waals surface area (Å²) in [5.74, 6) is 4.40. The number of alkyl halides is 3. The van der Waals surface area contributed by atoms with Gasteiger partial charge in [0.05, 0.1) is 17.9 Å². The molecule has 5 nitrogen and oxygen atoms in total. The van der Waals surface area contributed by atoms with Gasteiger partial charge in [-0.05, 0) is 18.2 Å². The molecule has 0 spiro atoms. The number of amides is 1. The van der Waals surface area contributed by atoms with E-state index in [0.717, 1.165) is 12.1 Å². The lowest BCUT2D eigenvalue weighted by Gasteiger charge is -2.13. The smallest absolute Gasteiger partial charge is 0.383 e. The minimum absolute atomic E-state index is 0.0950. The van der Waals surface area contributed by atoms with Crippen LogP contribution in [0.4, 0.5) is 18.9 Å². The van der Waals surface area contributed by atoms with Crippen LogP contribution in [-0.4, -0.2) is 26.2 Å². The van der Waals surface area contributed by atoms with Crippen LogP contribution in [0.1, 0.15) is 15.9 Å². The predicted octanol–water partition coefficient (Wildman–Crippen LogP) is 1.37. The van der Waals surface area contributed by atoms with Crippen LogP contribution in [0.2, 0.25) is 0 Å². The van der Waals surface area contributed by atoms with Crippen molar-refractivity contribution in [1.82, 2.24) is 5.32 Å². The number of anilines is 1. The third-order valence-electron chi connectivity index (χ3n) is 2.33. The Labute approximate surface area is 107 Å². The van der Waals surface area contributed by atoms with E-state index in [9.17, 15) is 18.0 Å². The highest BCUT2D eigenvalue weighted by molar-refractivity contribution is 5.94. The molecule has 8 heteroatoms. The molecule has 0 fully saturated rings. The first-order chi connectivity index (χ1) is 8.90. The molecule has 0 unspecified atom stereocenters. The quantitative estimate of drug-likeness (QED) is 0.431. The molecule has 0 aliphatic carbocycles. The summed E-state index contributed by atoms with van der Waals surface area (Å²) < 4.78 is 42.9. The van der Waals surface area contributed by atoms with Gasteiger partial charge in [0.15, 0.2) is 0 Å². The molecular formula is C11H14F3N3O2. The number of rotatable bonds is 5. The number of nitrogen functional groups attached to an aromatic ring is 1. The molecule has 4 N–H and O–H groups in total. The first-order valence-electron chi connectivity index (χ1n) is 5.35. The molecular weight excluding hydrogens is 263 g/mol. The van der Waals surface area contributed by atoms with Crippen molar-refractivity contribution in [2.45, 2.75) is 6.18 Å². The van der Waals surface area contributed by atoms with Crippen molar-refractivity contribution in [3.05, 3.63) is 29.3 Å². The normalized spacial score (nSPS) is 11.2. The van der Waals surface area contributed by atoms with E-state index in [1.165, 1.54) is 13.2 Å². The second-order valence-electron chi connectivity index (χ2n) is 3.65. The number of carbonyl (C=O) groups excluding carboxylic acids is 1. The zero-order chi connectivity index (χ0) is 14.5. The number of nitrogens with one attached hydrogen (secondary N) is 2. The largest absolute Gasteiger partial charge is 0.418 e. The first-order valence-corrected chi connectivity index (χ1v) is 5.35. The SMILES string of the molecule is COCCNC(=O)c1ccc(NN)c(C(F)(F)F)c1. The summed E-state index contributed by atoms with van der Waals surface area (Å²) in [6.45, 7) is 0.494. The van der Waals surface area contributed by atoms with Crippen LogP contribution in [0.25, 0.3) is 0 Å². The van der Waals surface area contributed by atoms with Gasteiger partial charge in [-0.3, -0.25) is 10.6 Å². The molecule has 0 saturated heterocycles. The average molecular weight is 277 g/mol. The highest BCUT2D eigenvalue weighted by atomic mass is 19.4. The van der Waals surface area contributed by atoms with Crippen molar-refractivity contribution in [2.24, 2.45) is 5.84 Å². The number of methoxy groups -OCH3 is 1. The average Bonchev–Trinajstić information content (AvgIpc) is 2.37. The highest BCUT2D eigenvalue weighted by Crippen LogP contribution is 2.35. The zero-order valence-electron chi connectivity index (χ0n) is 10.2. The standard InChI is InChI=1S/C11H14F3N3O2/c1-19-5-4-16-10(18)7-2-3-9(17-15)8(6-7)11(12,13)14/h2-3,6,17H,4-5,15H2,1H3,(H,16,18). The Morgan fingerprint density at radius 3 is 2.63 bits per heavy atom. The summed E-state index contributed by atoms with van der Waals surface area (Å²) in [5, 5.41) is 2.43. The van der Waals surface area contributed by atoms with Crippen LogP contribution in [0.5, 0.6) is 0 Å². The Balaban J connectivity index is 2.95. The molecule has 19 heavy (non-hydrogen) atoms. The monoisotopic (exact) mass is 277 g/mol. The van der Waals surface area contributed by atoms with Crippen molar-refractivity contribution < 1.29 is 22.7 Å². The fourth-order valence-corrected chi connectivity index (χ4v) is 1.41. The van der Waals surface area contributed by atoms with Crippen molar-refractivity contribution in [2.75, 3.05) is 25.7 Å². The van der Waals surface area contributed by atoms with E-state index in [4.69, 9.17) is 10.6 Å².